The van der Waals surface area contributed by atoms with Gasteiger partial charge in [0, 0.05) is 13.7 Å². The predicted octanol–water partition coefficient (Wildman–Crippen LogP) is 3.74. The van der Waals surface area contributed by atoms with Crippen LogP contribution >= 0.6 is 11.3 Å². The Balaban J connectivity index is 2.20. The Morgan fingerprint density at radius 1 is 1.40 bits per heavy atom. The standard InChI is InChI=1S/C13H15F3N2OS/c1-19-6-2-3-9(17)12-18-10-7-8(13(14,15)16)4-5-11(10)20-12/h4-5,7,9H,2-3,6,17H2,1H3. The summed E-state index contributed by atoms with van der Waals surface area (Å²) in [5.41, 5.74) is 5.66. The van der Waals surface area contributed by atoms with Crippen molar-refractivity contribution in [1.82, 2.24) is 4.98 Å². The summed E-state index contributed by atoms with van der Waals surface area (Å²) < 4.78 is 43.5. The molecule has 20 heavy (non-hydrogen) atoms. The molecule has 0 bridgehead atoms. The van der Waals surface area contributed by atoms with Crippen LogP contribution in [0.4, 0.5) is 13.2 Å². The van der Waals surface area contributed by atoms with E-state index in [9.17, 15) is 13.2 Å². The zero-order valence-corrected chi connectivity index (χ0v) is 11.7. The molecule has 0 saturated heterocycles. The van der Waals surface area contributed by atoms with Gasteiger partial charge >= 0.3 is 6.18 Å². The van der Waals surface area contributed by atoms with Crippen LogP contribution in [0.15, 0.2) is 18.2 Å². The number of hydrogen-bond acceptors (Lipinski definition) is 4. The number of benzene rings is 1. The van der Waals surface area contributed by atoms with E-state index in [0.717, 1.165) is 23.3 Å². The van der Waals surface area contributed by atoms with Crippen LogP contribution in [0.2, 0.25) is 0 Å². The van der Waals surface area contributed by atoms with E-state index in [-0.39, 0.29) is 6.04 Å². The van der Waals surface area contributed by atoms with Gasteiger partial charge in [0.05, 0.1) is 21.8 Å². The number of nitrogens with zero attached hydrogens (tertiary/aromatic N) is 1. The van der Waals surface area contributed by atoms with Gasteiger partial charge in [0.15, 0.2) is 0 Å². The lowest BCUT2D eigenvalue weighted by Crippen LogP contribution is -2.10. The quantitative estimate of drug-likeness (QED) is 0.856. The molecule has 0 aliphatic rings. The van der Waals surface area contributed by atoms with E-state index in [1.165, 1.54) is 17.4 Å². The molecule has 2 rings (SSSR count). The van der Waals surface area contributed by atoms with E-state index < -0.39 is 11.7 Å². The highest BCUT2D eigenvalue weighted by atomic mass is 32.1. The molecule has 2 N–H and O–H groups in total. The van der Waals surface area contributed by atoms with Crippen LogP contribution < -0.4 is 5.73 Å². The molecule has 1 aromatic heterocycles. The minimum Gasteiger partial charge on any atom is -0.385 e. The largest absolute Gasteiger partial charge is 0.416 e. The van der Waals surface area contributed by atoms with E-state index in [2.05, 4.69) is 4.98 Å². The monoisotopic (exact) mass is 304 g/mol. The first-order valence-electron chi connectivity index (χ1n) is 6.14. The van der Waals surface area contributed by atoms with E-state index in [1.807, 2.05) is 0 Å². The Bertz CT molecular complexity index is 582. The van der Waals surface area contributed by atoms with Gasteiger partial charge in [0.25, 0.3) is 0 Å². The van der Waals surface area contributed by atoms with Crippen LogP contribution in [0.1, 0.15) is 29.5 Å². The minimum atomic E-state index is -4.35. The van der Waals surface area contributed by atoms with Crippen molar-refractivity contribution in [3.63, 3.8) is 0 Å². The van der Waals surface area contributed by atoms with Crippen molar-refractivity contribution in [1.29, 1.82) is 0 Å². The van der Waals surface area contributed by atoms with Gasteiger partial charge < -0.3 is 10.5 Å². The smallest absolute Gasteiger partial charge is 0.385 e. The second-order valence-electron chi connectivity index (χ2n) is 4.47. The highest BCUT2D eigenvalue weighted by Gasteiger charge is 2.30. The number of alkyl halides is 3. The number of nitrogens with two attached hydrogens (primary N) is 1. The SMILES string of the molecule is COCCCC(N)c1nc2cc(C(F)(F)F)ccc2s1. The molecule has 1 atom stereocenters. The van der Waals surface area contributed by atoms with E-state index >= 15 is 0 Å². The summed E-state index contributed by atoms with van der Waals surface area (Å²) in [5.74, 6) is 0. The van der Waals surface area contributed by atoms with Gasteiger partial charge in [-0.3, -0.25) is 0 Å². The van der Waals surface area contributed by atoms with Gasteiger partial charge in [-0.1, -0.05) is 0 Å². The van der Waals surface area contributed by atoms with E-state index in [1.54, 1.807) is 7.11 Å². The van der Waals surface area contributed by atoms with Gasteiger partial charge in [0.2, 0.25) is 0 Å². The maximum atomic E-state index is 12.6. The minimum absolute atomic E-state index is 0.267. The van der Waals surface area contributed by atoms with Crippen LogP contribution in [0.5, 0.6) is 0 Å². The molecule has 0 amide bonds. The van der Waals surface area contributed by atoms with Gasteiger partial charge in [-0.2, -0.15) is 13.2 Å². The number of halogens is 3. The summed E-state index contributed by atoms with van der Waals surface area (Å²) in [5, 5.41) is 0.662. The molecular weight excluding hydrogens is 289 g/mol. The zero-order chi connectivity index (χ0) is 14.8. The Morgan fingerprint density at radius 2 is 2.15 bits per heavy atom. The second kappa shape index (κ2) is 6.07. The summed E-state index contributed by atoms with van der Waals surface area (Å²) >= 11 is 1.34. The average Bonchev–Trinajstić information content (AvgIpc) is 2.80. The lowest BCUT2D eigenvalue weighted by molar-refractivity contribution is -0.137. The molecule has 110 valence electrons. The first-order chi connectivity index (χ1) is 9.41. The summed E-state index contributed by atoms with van der Waals surface area (Å²) in [4.78, 5) is 4.22. The lowest BCUT2D eigenvalue weighted by Gasteiger charge is -2.06. The molecule has 0 aliphatic heterocycles. The molecule has 0 aliphatic carbocycles. The Labute approximate surface area is 118 Å². The number of methoxy groups -OCH3 is 1. The number of fused-ring (bicyclic) bond motifs is 1. The molecule has 2 aromatic rings. The first kappa shape index (κ1) is 15.2. The molecule has 0 saturated carbocycles. The summed E-state index contributed by atoms with van der Waals surface area (Å²) in [6.45, 7) is 0.608. The topological polar surface area (TPSA) is 48.1 Å². The van der Waals surface area contributed by atoms with Gasteiger partial charge in [-0.15, -0.1) is 11.3 Å². The Kier molecular flexibility index (Phi) is 4.62. The van der Waals surface area contributed by atoms with Crippen molar-refractivity contribution in [2.24, 2.45) is 5.73 Å². The third-order valence-electron chi connectivity index (χ3n) is 2.91. The Morgan fingerprint density at radius 3 is 2.80 bits per heavy atom. The molecule has 0 spiro atoms. The van der Waals surface area contributed by atoms with E-state index in [0.29, 0.717) is 23.6 Å². The molecular formula is C13H15F3N2OS. The average molecular weight is 304 g/mol. The highest BCUT2D eigenvalue weighted by Crippen LogP contribution is 2.34. The van der Waals surface area contributed by atoms with Crippen molar-refractivity contribution in [2.45, 2.75) is 25.1 Å². The van der Waals surface area contributed by atoms with Crippen molar-refractivity contribution >= 4 is 21.6 Å². The predicted molar refractivity (Wildman–Crippen MR) is 72.7 cm³/mol. The number of aromatic nitrogens is 1. The van der Waals surface area contributed by atoms with Crippen molar-refractivity contribution < 1.29 is 17.9 Å². The molecule has 1 aromatic carbocycles. The summed E-state index contributed by atoms with van der Waals surface area (Å²) in [7, 11) is 1.61. The maximum absolute atomic E-state index is 12.6. The number of thiazole rings is 1. The van der Waals surface area contributed by atoms with Crippen molar-refractivity contribution in [3.8, 4) is 0 Å². The summed E-state index contributed by atoms with van der Waals surface area (Å²) in [6, 6.07) is 3.32. The normalized spacial score (nSPS) is 13.8. The third kappa shape index (κ3) is 3.47. The van der Waals surface area contributed by atoms with Crippen LogP contribution in [-0.2, 0) is 10.9 Å². The summed E-state index contributed by atoms with van der Waals surface area (Å²) in [6.07, 6.45) is -2.86. The third-order valence-corrected chi connectivity index (χ3v) is 4.08. The second-order valence-corrected chi connectivity index (χ2v) is 5.54. The first-order valence-corrected chi connectivity index (χ1v) is 6.95. The molecule has 0 fully saturated rings. The molecule has 0 radical (unpaired) electrons. The maximum Gasteiger partial charge on any atom is 0.416 e. The van der Waals surface area contributed by atoms with Crippen molar-refractivity contribution in [3.05, 3.63) is 28.8 Å². The number of hydrogen-bond donors (Lipinski definition) is 1. The fraction of sp³-hybridized carbons (Fsp3) is 0.462. The molecule has 1 heterocycles. The molecule has 3 nitrogen and oxygen atoms in total. The van der Waals surface area contributed by atoms with Gasteiger partial charge in [0.1, 0.15) is 5.01 Å². The van der Waals surface area contributed by atoms with Gasteiger partial charge in [-0.25, -0.2) is 4.98 Å². The lowest BCUT2D eigenvalue weighted by atomic mass is 10.2. The molecule has 1 unspecified atom stereocenters. The zero-order valence-electron chi connectivity index (χ0n) is 10.9. The molecule has 7 heteroatoms. The number of ether oxygens (including phenoxy) is 1. The van der Waals surface area contributed by atoms with Crippen molar-refractivity contribution in [2.75, 3.05) is 13.7 Å². The van der Waals surface area contributed by atoms with E-state index in [4.69, 9.17) is 10.5 Å². The van der Waals surface area contributed by atoms with Crippen LogP contribution in [0.3, 0.4) is 0 Å². The van der Waals surface area contributed by atoms with Crippen LogP contribution in [0.25, 0.3) is 10.2 Å². The highest BCUT2D eigenvalue weighted by molar-refractivity contribution is 7.18. The van der Waals surface area contributed by atoms with Gasteiger partial charge in [-0.05, 0) is 31.0 Å². The number of rotatable bonds is 5. The fourth-order valence-corrected chi connectivity index (χ4v) is 2.83. The Hall–Kier alpha value is -1.18. The van der Waals surface area contributed by atoms with Crippen LogP contribution in [0, 0.1) is 0 Å². The fourth-order valence-electron chi connectivity index (χ4n) is 1.85. The van der Waals surface area contributed by atoms with Crippen LogP contribution in [-0.4, -0.2) is 18.7 Å².